The fourth-order valence-corrected chi connectivity index (χ4v) is 6.71. The lowest BCUT2D eigenvalue weighted by molar-refractivity contribution is 0.359. The van der Waals surface area contributed by atoms with E-state index in [4.69, 9.17) is 18.9 Å². The van der Waals surface area contributed by atoms with Crippen LogP contribution in [0.25, 0.3) is 27.5 Å². The molecular weight excluding hydrogens is 596 g/mol. The molecule has 0 radical (unpaired) electrons. The number of aromatic nitrogens is 1. The zero-order chi connectivity index (χ0) is 31.6. The third-order valence-corrected chi connectivity index (χ3v) is 8.88. The molecule has 0 saturated heterocycles. The first-order valence-electron chi connectivity index (χ1n) is 15.8. The molecule has 0 unspecified atom stereocenters. The summed E-state index contributed by atoms with van der Waals surface area (Å²) in [7, 11) is 0. The van der Waals surface area contributed by atoms with Gasteiger partial charge in [-0.2, -0.15) is 0 Å². The molecule has 6 nitrogen and oxygen atoms in total. The topological polar surface area (TPSA) is 45.1 Å². The van der Waals surface area contributed by atoms with Gasteiger partial charge in [-0.1, -0.05) is 60.7 Å². The summed E-state index contributed by atoms with van der Waals surface area (Å²) in [4.78, 5) is 2.21. The third kappa shape index (κ3) is 4.20. The van der Waals surface area contributed by atoms with Gasteiger partial charge in [0.15, 0.2) is 46.0 Å². The first kappa shape index (κ1) is 26.5. The minimum atomic E-state index is 0.643. The Bertz CT molecular complexity index is 2440. The monoisotopic (exact) mass is 622 g/mol. The normalized spacial score (nSPS) is 12.4. The summed E-state index contributed by atoms with van der Waals surface area (Å²) in [6, 6.07) is 53.2. The first-order chi connectivity index (χ1) is 23.8. The van der Waals surface area contributed by atoms with Crippen molar-refractivity contribution in [3.05, 3.63) is 158 Å². The molecule has 6 heteroatoms. The van der Waals surface area contributed by atoms with Crippen molar-refractivity contribution in [3.8, 4) is 51.7 Å². The summed E-state index contributed by atoms with van der Waals surface area (Å²) in [5, 5.41) is 2.32. The molecule has 0 N–H and O–H groups in total. The molecule has 2 aliphatic heterocycles. The molecule has 3 heterocycles. The lowest BCUT2D eigenvalue weighted by Crippen LogP contribution is -2.11. The summed E-state index contributed by atoms with van der Waals surface area (Å²) in [5.74, 6) is 5.37. The van der Waals surface area contributed by atoms with Gasteiger partial charge >= 0.3 is 0 Å². The maximum Gasteiger partial charge on any atom is 0.172 e. The van der Waals surface area contributed by atoms with E-state index in [9.17, 15) is 0 Å². The van der Waals surface area contributed by atoms with Gasteiger partial charge < -0.3 is 28.4 Å². The predicted molar refractivity (Wildman–Crippen MR) is 189 cm³/mol. The van der Waals surface area contributed by atoms with Crippen molar-refractivity contribution in [1.29, 1.82) is 0 Å². The molecule has 2 aliphatic rings. The van der Waals surface area contributed by atoms with Crippen LogP contribution in [-0.4, -0.2) is 4.57 Å². The van der Waals surface area contributed by atoms with Crippen LogP contribution in [-0.2, 0) is 0 Å². The van der Waals surface area contributed by atoms with Crippen molar-refractivity contribution in [2.45, 2.75) is 0 Å². The van der Waals surface area contributed by atoms with Crippen LogP contribution >= 0.6 is 0 Å². The number of fused-ring (bicyclic) bond motifs is 7. The molecular formula is C42H26N2O4. The van der Waals surface area contributed by atoms with E-state index in [2.05, 4.69) is 88.3 Å². The van der Waals surface area contributed by atoms with Crippen molar-refractivity contribution in [1.82, 2.24) is 4.57 Å². The van der Waals surface area contributed by atoms with E-state index in [1.54, 1.807) is 0 Å². The van der Waals surface area contributed by atoms with Crippen LogP contribution in [0.15, 0.2) is 158 Å². The molecule has 8 aromatic rings. The molecule has 228 valence electrons. The largest absolute Gasteiger partial charge is 0.450 e. The summed E-state index contributed by atoms with van der Waals surface area (Å²) in [6.07, 6.45) is 0. The SMILES string of the molecule is c1ccc(-n2c3ccccc3c3cc(N(c4ccc5c(c4)Oc4ccccc4O5)c4ccc5c(c4)Oc4ccccc4O5)ccc32)cc1. The standard InChI is InChI=1S/C42H26N2O4/c1-2-10-27(11-3-1)44-33-13-5-4-12-31(33)32-24-28(18-21-34(32)44)43(29-19-22-39-41(25-29)47-37-16-8-6-14-35(37)45-39)30-20-23-40-42(26-30)48-38-17-9-7-15-36(38)46-40/h1-26H. The van der Waals surface area contributed by atoms with Crippen molar-refractivity contribution >= 4 is 38.9 Å². The highest BCUT2D eigenvalue weighted by Gasteiger charge is 2.25. The van der Waals surface area contributed by atoms with Gasteiger partial charge in [-0.3, -0.25) is 0 Å². The molecule has 1 aromatic heterocycles. The van der Waals surface area contributed by atoms with Gasteiger partial charge in [0.25, 0.3) is 0 Å². The number of nitrogens with zero attached hydrogens (tertiary/aromatic N) is 2. The number of rotatable bonds is 4. The Labute approximate surface area is 276 Å². The summed E-state index contributed by atoms with van der Waals surface area (Å²) in [6.45, 7) is 0. The Hall–Kier alpha value is -6.66. The second-order valence-electron chi connectivity index (χ2n) is 11.8. The number of hydrogen-bond donors (Lipinski definition) is 0. The van der Waals surface area contributed by atoms with Crippen molar-refractivity contribution in [3.63, 3.8) is 0 Å². The molecule has 0 amide bonds. The van der Waals surface area contributed by atoms with Crippen LogP contribution in [0, 0.1) is 0 Å². The van der Waals surface area contributed by atoms with Gasteiger partial charge in [0.05, 0.1) is 22.4 Å². The average molecular weight is 623 g/mol. The maximum atomic E-state index is 6.35. The van der Waals surface area contributed by atoms with E-state index in [1.807, 2.05) is 78.9 Å². The van der Waals surface area contributed by atoms with Gasteiger partial charge in [-0.25, -0.2) is 0 Å². The highest BCUT2D eigenvalue weighted by molar-refractivity contribution is 6.10. The van der Waals surface area contributed by atoms with Crippen molar-refractivity contribution in [2.24, 2.45) is 0 Å². The Morgan fingerprint density at radius 3 is 1.38 bits per heavy atom. The lowest BCUT2D eigenvalue weighted by Gasteiger charge is -2.29. The van der Waals surface area contributed by atoms with Crippen molar-refractivity contribution in [2.75, 3.05) is 4.90 Å². The molecule has 0 atom stereocenters. The summed E-state index contributed by atoms with van der Waals surface area (Å²) in [5.41, 5.74) is 6.18. The van der Waals surface area contributed by atoms with Crippen LogP contribution in [0.2, 0.25) is 0 Å². The number of para-hydroxylation sites is 6. The highest BCUT2D eigenvalue weighted by atomic mass is 16.6. The average Bonchev–Trinajstić information content (AvgIpc) is 3.47. The fourth-order valence-electron chi connectivity index (χ4n) is 6.71. The lowest BCUT2D eigenvalue weighted by atomic mass is 10.1. The van der Waals surface area contributed by atoms with Gasteiger partial charge in [-0.15, -0.1) is 0 Å². The van der Waals surface area contributed by atoms with E-state index >= 15 is 0 Å². The summed E-state index contributed by atoms with van der Waals surface area (Å²) < 4.78 is 27.4. The second kappa shape index (κ2) is 10.4. The number of benzene rings is 7. The van der Waals surface area contributed by atoms with Gasteiger partial charge in [0.1, 0.15) is 0 Å². The molecule has 0 aliphatic carbocycles. The molecule has 48 heavy (non-hydrogen) atoms. The predicted octanol–water partition coefficient (Wildman–Crippen LogP) is 12.0. The maximum absolute atomic E-state index is 6.35. The van der Waals surface area contributed by atoms with E-state index in [-0.39, 0.29) is 0 Å². The minimum absolute atomic E-state index is 0.643. The van der Waals surface area contributed by atoms with Crippen LogP contribution in [0.3, 0.4) is 0 Å². The Kier molecular flexibility index (Phi) is 5.77. The van der Waals surface area contributed by atoms with E-state index < -0.39 is 0 Å². The zero-order valence-corrected chi connectivity index (χ0v) is 25.5. The molecule has 0 saturated carbocycles. The van der Waals surface area contributed by atoms with E-state index in [0.29, 0.717) is 46.0 Å². The zero-order valence-electron chi connectivity index (χ0n) is 25.5. The van der Waals surface area contributed by atoms with Gasteiger partial charge in [0.2, 0.25) is 0 Å². The molecule has 0 spiro atoms. The van der Waals surface area contributed by atoms with Crippen LogP contribution in [0.5, 0.6) is 46.0 Å². The summed E-state index contributed by atoms with van der Waals surface area (Å²) >= 11 is 0. The van der Waals surface area contributed by atoms with Crippen molar-refractivity contribution < 1.29 is 18.9 Å². The number of ether oxygens (including phenoxy) is 4. The highest BCUT2D eigenvalue weighted by Crippen LogP contribution is 2.51. The van der Waals surface area contributed by atoms with Crippen LogP contribution in [0.4, 0.5) is 17.1 Å². The quantitative estimate of drug-likeness (QED) is 0.195. The minimum Gasteiger partial charge on any atom is -0.450 e. The van der Waals surface area contributed by atoms with E-state index in [0.717, 1.165) is 39.2 Å². The van der Waals surface area contributed by atoms with Gasteiger partial charge in [0, 0.05) is 34.3 Å². The van der Waals surface area contributed by atoms with E-state index in [1.165, 1.54) is 5.39 Å². The Morgan fingerprint density at radius 1 is 0.333 bits per heavy atom. The fraction of sp³-hybridized carbons (Fsp3) is 0. The third-order valence-electron chi connectivity index (χ3n) is 8.88. The first-order valence-corrected chi connectivity index (χ1v) is 15.8. The van der Waals surface area contributed by atoms with Crippen LogP contribution in [0.1, 0.15) is 0 Å². The number of anilines is 3. The molecule has 10 rings (SSSR count). The van der Waals surface area contributed by atoms with Gasteiger partial charge in [-0.05, 0) is 84.9 Å². The smallest absolute Gasteiger partial charge is 0.172 e. The Morgan fingerprint density at radius 2 is 0.771 bits per heavy atom. The second-order valence-corrected chi connectivity index (χ2v) is 11.8. The van der Waals surface area contributed by atoms with Crippen LogP contribution < -0.4 is 23.8 Å². The Balaban J connectivity index is 1.15. The molecule has 0 bridgehead atoms. The molecule has 7 aromatic carbocycles. The molecule has 0 fully saturated rings. The number of hydrogen-bond acceptors (Lipinski definition) is 5.